The van der Waals surface area contributed by atoms with Crippen LogP contribution in [0.25, 0.3) is 11.4 Å². The van der Waals surface area contributed by atoms with Gasteiger partial charge in [0.25, 0.3) is 0 Å². The molecule has 2 aromatic heterocycles. The lowest BCUT2D eigenvalue weighted by Crippen LogP contribution is -2.07. The molecule has 0 radical (unpaired) electrons. The summed E-state index contributed by atoms with van der Waals surface area (Å²) in [5, 5.41) is 0. The molecule has 0 bridgehead atoms. The Hall–Kier alpha value is -2.35. The van der Waals surface area contributed by atoms with E-state index in [1.54, 1.807) is 24.5 Å². The van der Waals surface area contributed by atoms with Crippen LogP contribution in [0.2, 0.25) is 0 Å². The first-order valence-corrected chi connectivity index (χ1v) is 7.96. The molecular formula is C17H12IN3O2. The molecule has 0 aliphatic rings. The van der Waals surface area contributed by atoms with Gasteiger partial charge < -0.3 is 4.74 Å². The summed E-state index contributed by atoms with van der Waals surface area (Å²) in [6, 6.07) is 14.7. The molecule has 0 saturated carbocycles. The van der Waals surface area contributed by atoms with Crippen LogP contribution in [-0.4, -0.2) is 20.9 Å². The maximum absolute atomic E-state index is 12.0. The van der Waals surface area contributed by atoms with Gasteiger partial charge in [0.05, 0.1) is 0 Å². The fraction of sp³-hybridized carbons (Fsp3) is 0.0588. The molecule has 0 amide bonds. The lowest BCUT2D eigenvalue weighted by molar-refractivity contribution is 0.0466. The van der Waals surface area contributed by atoms with Crippen molar-refractivity contribution in [1.29, 1.82) is 0 Å². The summed E-state index contributed by atoms with van der Waals surface area (Å²) < 4.78 is 6.09. The SMILES string of the molecule is O=C(OCc1ccccc1)c1ccc(-c2nccc(I)n2)cn1. The predicted molar refractivity (Wildman–Crippen MR) is 93.5 cm³/mol. The van der Waals surface area contributed by atoms with E-state index in [2.05, 4.69) is 37.5 Å². The van der Waals surface area contributed by atoms with Gasteiger partial charge in [0.2, 0.25) is 0 Å². The van der Waals surface area contributed by atoms with Gasteiger partial charge in [-0.1, -0.05) is 30.3 Å². The third kappa shape index (κ3) is 4.10. The molecule has 3 rings (SSSR count). The number of carbonyl (C=O) groups excluding carboxylic acids is 1. The highest BCUT2D eigenvalue weighted by atomic mass is 127. The molecule has 0 aliphatic carbocycles. The van der Waals surface area contributed by atoms with Crippen LogP contribution in [-0.2, 0) is 11.3 Å². The first kappa shape index (κ1) is 15.5. The van der Waals surface area contributed by atoms with Gasteiger partial charge in [0.15, 0.2) is 5.82 Å². The molecule has 0 saturated heterocycles. The average molecular weight is 417 g/mol. The smallest absolute Gasteiger partial charge is 0.357 e. The van der Waals surface area contributed by atoms with Gasteiger partial charge in [0, 0.05) is 18.0 Å². The molecule has 0 N–H and O–H groups in total. The summed E-state index contributed by atoms with van der Waals surface area (Å²) in [7, 11) is 0. The Bertz CT molecular complexity index is 808. The zero-order valence-corrected chi connectivity index (χ0v) is 14.2. The zero-order chi connectivity index (χ0) is 16.1. The van der Waals surface area contributed by atoms with Crippen molar-refractivity contribution in [3.05, 3.63) is 75.9 Å². The quantitative estimate of drug-likeness (QED) is 0.370. The lowest BCUT2D eigenvalue weighted by atomic mass is 10.2. The number of halogens is 1. The standard InChI is InChI=1S/C17H12IN3O2/c18-15-8-9-19-16(21-15)13-6-7-14(20-10-13)17(22)23-11-12-4-2-1-3-5-12/h1-10H,11H2. The molecule has 0 unspecified atom stereocenters. The molecule has 2 heterocycles. The fourth-order valence-corrected chi connectivity index (χ4v) is 2.31. The highest BCUT2D eigenvalue weighted by molar-refractivity contribution is 14.1. The number of ether oxygens (including phenoxy) is 1. The van der Waals surface area contributed by atoms with Crippen LogP contribution in [0.4, 0.5) is 0 Å². The Labute approximate surface area is 146 Å². The van der Waals surface area contributed by atoms with Crippen molar-refractivity contribution in [3.8, 4) is 11.4 Å². The third-order valence-corrected chi connectivity index (χ3v) is 3.67. The van der Waals surface area contributed by atoms with E-state index in [0.29, 0.717) is 5.82 Å². The van der Waals surface area contributed by atoms with Gasteiger partial charge in [-0.15, -0.1) is 0 Å². The minimum Gasteiger partial charge on any atom is -0.456 e. The Morgan fingerprint density at radius 3 is 2.57 bits per heavy atom. The number of benzene rings is 1. The molecule has 0 spiro atoms. The molecule has 1 aromatic carbocycles. The van der Waals surface area contributed by atoms with Crippen LogP contribution in [0.15, 0.2) is 60.9 Å². The molecule has 3 aromatic rings. The molecule has 114 valence electrons. The van der Waals surface area contributed by atoms with Crippen molar-refractivity contribution in [3.63, 3.8) is 0 Å². The summed E-state index contributed by atoms with van der Waals surface area (Å²) in [5.41, 5.74) is 1.95. The minimum atomic E-state index is -0.455. The maximum atomic E-state index is 12.0. The van der Waals surface area contributed by atoms with Crippen molar-refractivity contribution in [2.24, 2.45) is 0 Å². The van der Waals surface area contributed by atoms with E-state index in [1.165, 1.54) is 0 Å². The summed E-state index contributed by atoms with van der Waals surface area (Å²) >= 11 is 2.12. The second-order valence-corrected chi connectivity index (χ2v) is 5.80. The first-order valence-electron chi connectivity index (χ1n) is 6.88. The number of hydrogen-bond donors (Lipinski definition) is 0. The maximum Gasteiger partial charge on any atom is 0.357 e. The monoisotopic (exact) mass is 417 g/mol. The van der Waals surface area contributed by atoms with Crippen LogP contribution in [0.5, 0.6) is 0 Å². The van der Waals surface area contributed by atoms with Gasteiger partial charge in [-0.2, -0.15) is 0 Å². The normalized spacial score (nSPS) is 10.3. The van der Waals surface area contributed by atoms with Crippen molar-refractivity contribution in [2.75, 3.05) is 0 Å². The highest BCUT2D eigenvalue weighted by Crippen LogP contribution is 2.15. The van der Waals surface area contributed by atoms with Gasteiger partial charge >= 0.3 is 5.97 Å². The van der Waals surface area contributed by atoms with E-state index in [-0.39, 0.29) is 12.3 Å². The van der Waals surface area contributed by atoms with E-state index >= 15 is 0 Å². The van der Waals surface area contributed by atoms with Crippen molar-refractivity contribution < 1.29 is 9.53 Å². The molecule has 23 heavy (non-hydrogen) atoms. The predicted octanol–water partition coefficient (Wildman–Crippen LogP) is 3.50. The summed E-state index contributed by atoms with van der Waals surface area (Å²) in [4.78, 5) is 24.6. The molecule has 0 aliphatic heterocycles. The number of hydrogen-bond acceptors (Lipinski definition) is 5. The van der Waals surface area contributed by atoms with E-state index in [9.17, 15) is 4.79 Å². The number of aromatic nitrogens is 3. The molecule has 0 atom stereocenters. The Morgan fingerprint density at radius 2 is 1.87 bits per heavy atom. The minimum absolute atomic E-state index is 0.225. The molecular weight excluding hydrogens is 405 g/mol. The number of nitrogens with zero attached hydrogens (tertiary/aromatic N) is 3. The average Bonchev–Trinajstić information content (AvgIpc) is 2.61. The fourth-order valence-electron chi connectivity index (χ4n) is 1.92. The van der Waals surface area contributed by atoms with E-state index in [4.69, 9.17) is 4.74 Å². The Kier molecular flexibility index (Phi) is 4.92. The zero-order valence-electron chi connectivity index (χ0n) is 12.0. The second-order valence-electron chi connectivity index (χ2n) is 4.70. The van der Waals surface area contributed by atoms with Crippen LogP contribution < -0.4 is 0 Å². The number of rotatable bonds is 4. The van der Waals surface area contributed by atoms with Crippen LogP contribution >= 0.6 is 22.6 Å². The topological polar surface area (TPSA) is 65.0 Å². The summed E-state index contributed by atoms with van der Waals surface area (Å²) in [5.74, 6) is 0.123. The first-order chi connectivity index (χ1) is 11.2. The largest absolute Gasteiger partial charge is 0.456 e. The van der Waals surface area contributed by atoms with Gasteiger partial charge in [-0.25, -0.2) is 19.7 Å². The van der Waals surface area contributed by atoms with Crippen molar-refractivity contribution >= 4 is 28.6 Å². The highest BCUT2D eigenvalue weighted by Gasteiger charge is 2.10. The van der Waals surface area contributed by atoms with Gasteiger partial charge in [0.1, 0.15) is 16.0 Å². The van der Waals surface area contributed by atoms with Crippen molar-refractivity contribution in [2.45, 2.75) is 6.61 Å². The third-order valence-electron chi connectivity index (χ3n) is 3.07. The lowest BCUT2D eigenvalue weighted by Gasteiger charge is -2.05. The van der Waals surface area contributed by atoms with Crippen LogP contribution in [0.3, 0.4) is 0 Å². The second kappa shape index (κ2) is 7.28. The van der Waals surface area contributed by atoms with Crippen LogP contribution in [0, 0.1) is 3.70 Å². The summed E-state index contributed by atoms with van der Waals surface area (Å²) in [6.45, 7) is 0.225. The van der Waals surface area contributed by atoms with E-state index in [1.807, 2.05) is 36.4 Å². The number of carbonyl (C=O) groups is 1. The van der Waals surface area contributed by atoms with Gasteiger partial charge in [-0.3, -0.25) is 0 Å². The summed E-state index contributed by atoms with van der Waals surface area (Å²) in [6.07, 6.45) is 3.26. The molecule has 6 heteroatoms. The number of esters is 1. The van der Waals surface area contributed by atoms with E-state index < -0.39 is 5.97 Å². The van der Waals surface area contributed by atoms with Crippen LogP contribution in [0.1, 0.15) is 16.1 Å². The number of pyridine rings is 1. The van der Waals surface area contributed by atoms with Gasteiger partial charge in [-0.05, 0) is 46.4 Å². The Balaban J connectivity index is 1.68. The van der Waals surface area contributed by atoms with E-state index in [0.717, 1.165) is 14.8 Å². The molecule has 0 fully saturated rings. The molecule has 5 nitrogen and oxygen atoms in total. The van der Waals surface area contributed by atoms with Crippen molar-refractivity contribution in [1.82, 2.24) is 15.0 Å². The Morgan fingerprint density at radius 1 is 1.04 bits per heavy atom.